The first-order chi connectivity index (χ1) is 9.33. The van der Waals surface area contributed by atoms with Gasteiger partial charge in [-0.3, -0.25) is 9.30 Å². The maximum atomic E-state index is 5.59. The normalized spacial score (nSPS) is 16.8. The number of aromatic nitrogens is 3. The molecule has 0 aliphatic carbocycles. The van der Waals surface area contributed by atoms with Gasteiger partial charge >= 0.3 is 0 Å². The number of rotatable bonds is 2. The second-order valence-electron chi connectivity index (χ2n) is 4.94. The first-order valence-corrected chi connectivity index (χ1v) is 7.75. The SMILES string of the molecule is S=c1n(CN2CCCC2)nc2sc3ccccc3n12. The Balaban J connectivity index is 1.84. The summed E-state index contributed by atoms with van der Waals surface area (Å²) in [5.74, 6) is 0. The number of benzene rings is 1. The number of hydrogen-bond donors (Lipinski definition) is 0. The molecular weight excluding hydrogens is 276 g/mol. The number of nitrogens with zero attached hydrogens (tertiary/aromatic N) is 4. The van der Waals surface area contributed by atoms with Gasteiger partial charge in [-0.15, -0.1) is 5.10 Å². The molecule has 0 atom stereocenters. The van der Waals surface area contributed by atoms with Crippen molar-refractivity contribution < 1.29 is 0 Å². The molecule has 2 aromatic heterocycles. The second kappa shape index (κ2) is 4.40. The van der Waals surface area contributed by atoms with E-state index in [0.29, 0.717) is 0 Å². The molecule has 98 valence electrons. The number of para-hydroxylation sites is 1. The smallest absolute Gasteiger partial charge is 0.216 e. The molecule has 3 heterocycles. The molecule has 1 saturated heterocycles. The van der Waals surface area contributed by atoms with Crippen LogP contribution in [0.15, 0.2) is 24.3 Å². The molecule has 1 fully saturated rings. The van der Waals surface area contributed by atoms with Crippen LogP contribution in [0.1, 0.15) is 12.8 Å². The summed E-state index contributed by atoms with van der Waals surface area (Å²) < 4.78 is 6.09. The molecule has 3 aromatic rings. The quantitative estimate of drug-likeness (QED) is 0.678. The van der Waals surface area contributed by atoms with Crippen molar-refractivity contribution in [2.24, 2.45) is 0 Å². The Bertz CT molecular complexity index is 792. The predicted octanol–water partition coefficient (Wildman–Crippen LogP) is 3.13. The highest BCUT2D eigenvalue weighted by atomic mass is 32.1. The Kier molecular flexibility index (Phi) is 2.68. The van der Waals surface area contributed by atoms with Crippen LogP contribution >= 0.6 is 23.6 Å². The lowest BCUT2D eigenvalue weighted by Crippen LogP contribution is -2.23. The van der Waals surface area contributed by atoms with Gasteiger partial charge in [0.2, 0.25) is 9.73 Å². The summed E-state index contributed by atoms with van der Waals surface area (Å²) in [5, 5.41) is 4.67. The molecule has 0 N–H and O–H groups in total. The van der Waals surface area contributed by atoms with Gasteiger partial charge in [0.15, 0.2) is 0 Å². The monoisotopic (exact) mass is 290 g/mol. The summed E-state index contributed by atoms with van der Waals surface area (Å²) >= 11 is 7.29. The molecule has 1 aliphatic rings. The summed E-state index contributed by atoms with van der Waals surface area (Å²) in [6.45, 7) is 3.14. The zero-order chi connectivity index (χ0) is 12.8. The maximum Gasteiger partial charge on any atom is 0.216 e. The van der Waals surface area contributed by atoms with Crippen molar-refractivity contribution in [3.8, 4) is 0 Å². The maximum absolute atomic E-state index is 5.59. The number of thiazole rings is 1. The van der Waals surface area contributed by atoms with E-state index in [2.05, 4.69) is 32.6 Å². The molecule has 19 heavy (non-hydrogen) atoms. The first kappa shape index (κ1) is 11.6. The molecule has 6 heteroatoms. The minimum Gasteiger partial charge on any atom is -0.284 e. The third-order valence-corrected chi connectivity index (χ3v) is 5.05. The molecule has 0 amide bonds. The van der Waals surface area contributed by atoms with Crippen LogP contribution in [0.4, 0.5) is 0 Å². The molecule has 0 unspecified atom stereocenters. The third-order valence-electron chi connectivity index (χ3n) is 3.65. The minimum atomic E-state index is 0.805. The molecule has 0 saturated carbocycles. The van der Waals surface area contributed by atoms with Crippen molar-refractivity contribution in [1.82, 2.24) is 19.1 Å². The summed E-state index contributed by atoms with van der Waals surface area (Å²) in [4.78, 5) is 3.40. The van der Waals surface area contributed by atoms with Gasteiger partial charge in [-0.2, -0.15) is 0 Å². The zero-order valence-corrected chi connectivity index (χ0v) is 12.1. The Labute approximate surface area is 119 Å². The van der Waals surface area contributed by atoms with Crippen LogP contribution in [0.3, 0.4) is 0 Å². The molecule has 0 bridgehead atoms. The van der Waals surface area contributed by atoms with E-state index in [4.69, 9.17) is 12.2 Å². The molecule has 1 aliphatic heterocycles. The third kappa shape index (κ3) is 1.82. The van der Waals surface area contributed by atoms with E-state index in [1.165, 1.54) is 23.1 Å². The van der Waals surface area contributed by atoms with Crippen LogP contribution in [0.25, 0.3) is 15.2 Å². The summed E-state index contributed by atoms with van der Waals surface area (Å²) in [7, 11) is 0. The van der Waals surface area contributed by atoms with Crippen molar-refractivity contribution in [2.75, 3.05) is 13.1 Å². The fraction of sp³-hybridized carbons (Fsp3) is 0.385. The zero-order valence-electron chi connectivity index (χ0n) is 10.5. The molecular formula is C13H14N4S2. The van der Waals surface area contributed by atoms with E-state index in [0.717, 1.165) is 29.5 Å². The Hall–Kier alpha value is -1.24. The predicted molar refractivity (Wildman–Crippen MR) is 80.2 cm³/mol. The van der Waals surface area contributed by atoms with E-state index < -0.39 is 0 Å². The van der Waals surface area contributed by atoms with Crippen LogP contribution in [0.2, 0.25) is 0 Å². The summed E-state index contributed by atoms with van der Waals surface area (Å²) in [6.07, 6.45) is 2.58. The van der Waals surface area contributed by atoms with Gasteiger partial charge in [0.05, 0.1) is 16.9 Å². The van der Waals surface area contributed by atoms with Crippen molar-refractivity contribution in [2.45, 2.75) is 19.5 Å². The number of fused-ring (bicyclic) bond motifs is 3. The highest BCUT2D eigenvalue weighted by molar-refractivity contribution is 7.71. The molecule has 0 spiro atoms. The van der Waals surface area contributed by atoms with Gasteiger partial charge in [-0.25, -0.2) is 4.68 Å². The van der Waals surface area contributed by atoms with Crippen LogP contribution in [-0.4, -0.2) is 32.2 Å². The highest BCUT2D eigenvalue weighted by Crippen LogP contribution is 2.25. The van der Waals surface area contributed by atoms with Crippen molar-refractivity contribution in [3.05, 3.63) is 29.0 Å². The first-order valence-electron chi connectivity index (χ1n) is 6.52. The Morgan fingerprint density at radius 3 is 2.84 bits per heavy atom. The van der Waals surface area contributed by atoms with E-state index in [1.54, 1.807) is 11.3 Å². The summed E-state index contributed by atoms with van der Waals surface area (Å²) in [5.41, 5.74) is 1.17. The van der Waals surface area contributed by atoms with E-state index in [-0.39, 0.29) is 0 Å². The molecule has 1 aromatic carbocycles. The average Bonchev–Trinajstić information content (AvgIpc) is 3.09. The Morgan fingerprint density at radius 1 is 1.21 bits per heavy atom. The minimum absolute atomic E-state index is 0.805. The van der Waals surface area contributed by atoms with E-state index >= 15 is 0 Å². The van der Waals surface area contributed by atoms with Crippen molar-refractivity contribution >= 4 is 38.7 Å². The van der Waals surface area contributed by atoms with Crippen LogP contribution in [-0.2, 0) is 6.67 Å². The standard InChI is InChI=1S/C13H14N4S2/c18-13-16(9-15-7-3-4-8-15)14-12-17(13)10-5-1-2-6-11(10)19-12/h1-2,5-6H,3-4,7-9H2. The fourth-order valence-corrected chi connectivity index (χ4v) is 4.06. The lowest BCUT2D eigenvalue weighted by molar-refractivity contribution is 0.254. The van der Waals surface area contributed by atoms with Gasteiger partial charge in [-0.1, -0.05) is 23.5 Å². The van der Waals surface area contributed by atoms with Gasteiger partial charge in [0, 0.05) is 0 Å². The van der Waals surface area contributed by atoms with Gasteiger partial charge < -0.3 is 0 Å². The topological polar surface area (TPSA) is 25.5 Å². The highest BCUT2D eigenvalue weighted by Gasteiger charge is 2.15. The summed E-state index contributed by atoms with van der Waals surface area (Å²) in [6, 6.07) is 8.33. The van der Waals surface area contributed by atoms with Crippen molar-refractivity contribution in [3.63, 3.8) is 0 Å². The Morgan fingerprint density at radius 2 is 2.00 bits per heavy atom. The average molecular weight is 290 g/mol. The van der Waals surface area contributed by atoms with Gasteiger partial charge in [-0.05, 0) is 50.3 Å². The lowest BCUT2D eigenvalue weighted by Gasteiger charge is -2.13. The molecule has 0 radical (unpaired) electrons. The van der Waals surface area contributed by atoms with Gasteiger partial charge in [0.1, 0.15) is 0 Å². The molecule has 4 rings (SSSR count). The van der Waals surface area contributed by atoms with E-state index in [1.807, 2.05) is 10.7 Å². The molecule has 4 nitrogen and oxygen atoms in total. The van der Waals surface area contributed by atoms with Crippen LogP contribution < -0.4 is 0 Å². The van der Waals surface area contributed by atoms with Crippen LogP contribution in [0, 0.1) is 4.77 Å². The number of likely N-dealkylation sites (tertiary alicyclic amines) is 1. The number of hydrogen-bond acceptors (Lipinski definition) is 4. The van der Waals surface area contributed by atoms with Crippen LogP contribution in [0.5, 0.6) is 0 Å². The largest absolute Gasteiger partial charge is 0.284 e. The lowest BCUT2D eigenvalue weighted by atomic mass is 10.3. The van der Waals surface area contributed by atoms with Crippen molar-refractivity contribution in [1.29, 1.82) is 0 Å². The second-order valence-corrected chi connectivity index (χ2v) is 6.31. The van der Waals surface area contributed by atoms with Gasteiger partial charge in [0.25, 0.3) is 0 Å². The fourth-order valence-electron chi connectivity index (χ4n) is 2.69. The van der Waals surface area contributed by atoms with E-state index in [9.17, 15) is 0 Å².